The van der Waals surface area contributed by atoms with Crippen molar-refractivity contribution in [1.29, 1.82) is 0 Å². The Kier molecular flexibility index (Phi) is 6.83. The first kappa shape index (κ1) is 21.5. The molecule has 0 aliphatic heterocycles. The van der Waals surface area contributed by atoms with Gasteiger partial charge in [-0.15, -0.1) is 0 Å². The largest absolute Gasteiger partial charge is 0.493 e. The first-order valence-electron chi connectivity index (χ1n) is 10.1. The first-order chi connectivity index (χ1) is 14.4. The van der Waals surface area contributed by atoms with Crippen LogP contribution < -0.4 is 14.8 Å². The molecule has 2 aromatic carbocycles. The van der Waals surface area contributed by atoms with Gasteiger partial charge in [-0.25, -0.2) is 0 Å². The van der Waals surface area contributed by atoms with Crippen LogP contribution in [0.15, 0.2) is 46.9 Å². The first-order valence-corrected chi connectivity index (χ1v) is 10.1. The molecule has 0 atom stereocenters. The molecule has 0 spiro atoms. The second kappa shape index (κ2) is 9.53. The molecular weight excluding hydrogens is 378 g/mol. The highest BCUT2D eigenvalue weighted by atomic mass is 16.5. The molecular formula is C25H29NO4. The number of para-hydroxylation sites is 1. The maximum absolute atomic E-state index is 12.5. The Morgan fingerprint density at radius 3 is 2.40 bits per heavy atom. The minimum absolute atomic E-state index is 0.222. The van der Waals surface area contributed by atoms with E-state index in [0.717, 1.165) is 11.3 Å². The molecule has 3 rings (SSSR count). The fourth-order valence-corrected chi connectivity index (χ4v) is 3.81. The second-order valence-electron chi connectivity index (χ2n) is 7.48. The summed E-state index contributed by atoms with van der Waals surface area (Å²) in [5.41, 5.74) is 5.94. The molecule has 0 bridgehead atoms. The summed E-state index contributed by atoms with van der Waals surface area (Å²) in [6, 6.07) is 13.7. The van der Waals surface area contributed by atoms with Crippen LogP contribution >= 0.6 is 0 Å². The van der Waals surface area contributed by atoms with E-state index in [0.29, 0.717) is 36.6 Å². The van der Waals surface area contributed by atoms with Gasteiger partial charge in [-0.05, 0) is 67.6 Å². The summed E-state index contributed by atoms with van der Waals surface area (Å²) in [5.74, 6) is 2.26. The van der Waals surface area contributed by atoms with Gasteiger partial charge in [-0.1, -0.05) is 29.8 Å². The number of ether oxygens (including phenoxy) is 2. The molecule has 158 valence electrons. The van der Waals surface area contributed by atoms with Gasteiger partial charge in [0.05, 0.1) is 14.2 Å². The highest BCUT2D eigenvalue weighted by Gasteiger charge is 2.14. The zero-order valence-corrected chi connectivity index (χ0v) is 18.3. The summed E-state index contributed by atoms with van der Waals surface area (Å²) in [4.78, 5) is 12.5. The Hall–Kier alpha value is -3.21. The van der Waals surface area contributed by atoms with Crippen LogP contribution in [0.5, 0.6) is 11.5 Å². The highest BCUT2D eigenvalue weighted by molar-refractivity contribution is 5.91. The molecule has 0 radical (unpaired) electrons. The Bertz CT molecular complexity index is 1010. The number of methoxy groups -OCH3 is 2. The van der Waals surface area contributed by atoms with Gasteiger partial charge in [0, 0.05) is 13.0 Å². The maximum Gasteiger partial charge on any atom is 0.287 e. The van der Waals surface area contributed by atoms with E-state index in [-0.39, 0.29) is 5.91 Å². The van der Waals surface area contributed by atoms with Crippen molar-refractivity contribution in [2.45, 2.75) is 33.6 Å². The fourth-order valence-electron chi connectivity index (χ4n) is 3.81. The van der Waals surface area contributed by atoms with Crippen molar-refractivity contribution in [3.8, 4) is 11.5 Å². The molecule has 1 amide bonds. The number of aryl methyl sites for hydroxylation is 3. The van der Waals surface area contributed by atoms with E-state index in [4.69, 9.17) is 13.9 Å². The summed E-state index contributed by atoms with van der Waals surface area (Å²) in [6.45, 7) is 6.78. The lowest BCUT2D eigenvalue weighted by Gasteiger charge is -2.12. The summed E-state index contributed by atoms with van der Waals surface area (Å²) in [6.07, 6.45) is 1.30. The topological polar surface area (TPSA) is 60.7 Å². The van der Waals surface area contributed by atoms with Gasteiger partial charge in [-0.3, -0.25) is 4.79 Å². The van der Waals surface area contributed by atoms with Gasteiger partial charge < -0.3 is 19.2 Å². The average molecular weight is 408 g/mol. The van der Waals surface area contributed by atoms with Gasteiger partial charge in [0.25, 0.3) is 5.91 Å². The SMILES string of the molecule is COc1cccc(CCNC(=O)c2ccc(Cc3c(C)cc(C)cc3C)o2)c1OC. The van der Waals surface area contributed by atoms with Gasteiger partial charge in [0.15, 0.2) is 17.3 Å². The Labute approximate surface area is 178 Å². The van der Waals surface area contributed by atoms with Crippen LogP contribution in [0.1, 0.15) is 44.1 Å². The fraction of sp³-hybridized carbons (Fsp3) is 0.320. The van der Waals surface area contributed by atoms with Gasteiger partial charge in [0.1, 0.15) is 5.76 Å². The van der Waals surface area contributed by atoms with Crippen LogP contribution in [0.2, 0.25) is 0 Å². The second-order valence-corrected chi connectivity index (χ2v) is 7.48. The van der Waals surface area contributed by atoms with E-state index < -0.39 is 0 Å². The molecule has 5 heteroatoms. The zero-order chi connectivity index (χ0) is 21.7. The van der Waals surface area contributed by atoms with Crippen molar-refractivity contribution in [3.05, 3.63) is 81.8 Å². The predicted molar refractivity (Wildman–Crippen MR) is 118 cm³/mol. The lowest BCUT2D eigenvalue weighted by Crippen LogP contribution is -2.25. The van der Waals surface area contributed by atoms with E-state index in [9.17, 15) is 4.79 Å². The third-order valence-corrected chi connectivity index (χ3v) is 5.24. The minimum atomic E-state index is -0.222. The van der Waals surface area contributed by atoms with E-state index >= 15 is 0 Å². The number of furan rings is 1. The summed E-state index contributed by atoms with van der Waals surface area (Å²) < 4.78 is 16.6. The van der Waals surface area contributed by atoms with E-state index in [1.807, 2.05) is 24.3 Å². The van der Waals surface area contributed by atoms with Crippen LogP contribution in [0.25, 0.3) is 0 Å². The third-order valence-electron chi connectivity index (χ3n) is 5.24. The average Bonchev–Trinajstić information content (AvgIpc) is 3.19. The van der Waals surface area contributed by atoms with E-state index in [1.54, 1.807) is 20.3 Å². The predicted octanol–water partition coefficient (Wildman–Crippen LogP) is 4.79. The molecule has 0 aliphatic rings. The number of carbonyl (C=O) groups excluding carboxylic acids is 1. The maximum atomic E-state index is 12.5. The summed E-state index contributed by atoms with van der Waals surface area (Å²) in [5, 5.41) is 2.91. The quantitative estimate of drug-likeness (QED) is 0.583. The van der Waals surface area contributed by atoms with Crippen LogP contribution in [0, 0.1) is 20.8 Å². The number of hydrogen-bond donors (Lipinski definition) is 1. The van der Waals surface area contributed by atoms with Crippen LogP contribution in [0.4, 0.5) is 0 Å². The zero-order valence-electron chi connectivity index (χ0n) is 18.3. The van der Waals surface area contributed by atoms with Gasteiger partial charge >= 0.3 is 0 Å². The van der Waals surface area contributed by atoms with E-state index in [2.05, 4.69) is 38.2 Å². The molecule has 0 unspecified atom stereocenters. The number of amides is 1. The molecule has 0 saturated carbocycles. The summed E-state index contributed by atoms with van der Waals surface area (Å²) >= 11 is 0. The van der Waals surface area contributed by atoms with Crippen molar-refractivity contribution < 1.29 is 18.7 Å². The normalized spacial score (nSPS) is 10.7. The minimum Gasteiger partial charge on any atom is -0.493 e. The van der Waals surface area contributed by atoms with Gasteiger partial charge in [-0.2, -0.15) is 0 Å². The van der Waals surface area contributed by atoms with Crippen molar-refractivity contribution in [2.75, 3.05) is 20.8 Å². The van der Waals surface area contributed by atoms with Crippen LogP contribution in [-0.2, 0) is 12.8 Å². The Morgan fingerprint density at radius 2 is 1.73 bits per heavy atom. The Balaban J connectivity index is 1.61. The Morgan fingerprint density at radius 1 is 1.00 bits per heavy atom. The van der Waals surface area contributed by atoms with E-state index in [1.165, 1.54) is 22.3 Å². The molecule has 1 N–H and O–H groups in total. The molecule has 30 heavy (non-hydrogen) atoms. The molecule has 0 aliphatic carbocycles. The molecule has 0 saturated heterocycles. The molecule has 5 nitrogen and oxygen atoms in total. The molecule has 0 fully saturated rings. The molecule has 3 aromatic rings. The summed E-state index contributed by atoms with van der Waals surface area (Å²) in [7, 11) is 3.22. The molecule has 1 heterocycles. The number of rotatable bonds is 8. The van der Waals surface area contributed by atoms with Crippen LogP contribution in [-0.4, -0.2) is 26.7 Å². The lowest BCUT2D eigenvalue weighted by atomic mass is 9.97. The lowest BCUT2D eigenvalue weighted by molar-refractivity contribution is 0.0925. The number of carbonyl (C=O) groups is 1. The molecule has 1 aromatic heterocycles. The monoisotopic (exact) mass is 407 g/mol. The number of hydrogen-bond acceptors (Lipinski definition) is 4. The van der Waals surface area contributed by atoms with Crippen molar-refractivity contribution in [3.63, 3.8) is 0 Å². The van der Waals surface area contributed by atoms with Crippen molar-refractivity contribution in [2.24, 2.45) is 0 Å². The number of nitrogens with one attached hydrogen (secondary N) is 1. The third kappa shape index (κ3) is 4.85. The van der Waals surface area contributed by atoms with Crippen LogP contribution in [0.3, 0.4) is 0 Å². The van der Waals surface area contributed by atoms with Crippen molar-refractivity contribution in [1.82, 2.24) is 5.32 Å². The highest BCUT2D eigenvalue weighted by Crippen LogP contribution is 2.30. The standard InChI is InChI=1S/C25H29NO4/c1-16-13-17(2)21(18(3)14-16)15-20-9-10-23(30-20)25(27)26-12-11-19-7-6-8-22(28-4)24(19)29-5/h6-10,13-14H,11-12,15H2,1-5H3,(H,26,27). The smallest absolute Gasteiger partial charge is 0.287 e. The van der Waals surface area contributed by atoms with Crippen molar-refractivity contribution >= 4 is 5.91 Å². The number of benzene rings is 2. The van der Waals surface area contributed by atoms with Gasteiger partial charge in [0.2, 0.25) is 0 Å².